The zero-order valence-corrected chi connectivity index (χ0v) is 16.8. The Morgan fingerprint density at radius 2 is 2.07 bits per heavy atom. The molecule has 0 radical (unpaired) electrons. The maximum Gasteiger partial charge on any atom is 0.290 e. The molecule has 3 aromatic heterocycles. The highest BCUT2D eigenvalue weighted by molar-refractivity contribution is 5.93. The molecule has 0 spiro atoms. The first-order valence-corrected chi connectivity index (χ1v) is 9.94. The molecule has 0 unspecified atom stereocenters. The van der Waals surface area contributed by atoms with E-state index in [0.29, 0.717) is 18.7 Å². The second-order valence-corrected chi connectivity index (χ2v) is 7.73. The van der Waals surface area contributed by atoms with Crippen LogP contribution in [0.5, 0.6) is 0 Å². The fraction of sp³-hybridized carbons (Fsp3) is 0.304. The number of aromatic nitrogens is 2. The number of rotatable bonds is 3. The minimum atomic E-state index is -0.0770. The molecule has 1 aromatic carbocycles. The topological polar surface area (TPSA) is 75.3 Å². The Morgan fingerprint density at radius 1 is 1.24 bits per heavy atom. The van der Waals surface area contributed by atoms with Crippen molar-refractivity contribution in [1.82, 2.24) is 15.0 Å². The van der Waals surface area contributed by atoms with Crippen LogP contribution in [-0.2, 0) is 12.8 Å². The number of hydrogen-bond acceptors (Lipinski definition) is 4. The number of para-hydroxylation sites is 1. The lowest BCUT2D eigenvalue weighted by Crippen LogP contribution is -2.38. The molecule has 0 fully saturated rings. The van der Waals surface area contributed by atoms with Gasteiger partial charge in [-0.25, -0.2) is 0 Å². The van der Waals surface area contributed by atoms with Gasteiger partial charge in [-0.1, -0.05) is 23.4 Å². The Labute approximate surface area is 168 Å². The molecule has 4 aromatic rings. The Morgan fingerprint density at radius 3 is 2.86 bits per heavy atom. The first kappa shape index (κ1) is 17.8. The highest BCUT2D eigenvalue weighted by Crippen LogP contribution is 2.35. The highest BCUT2D eigenvalue weighted by Gasteiger charge is 2.32. The molecule has 1 aliphatic rings. The molecule has 0 bridgehead atoms. The van der Waals surface area contributed by atoms with E-state index in [1.807, 2.05) is 30.9 Å². The lowest BCUT2D eigenvalue weighted by molar-refractivity contribution is 0.0640. The molecule has 5 rings (SSSR count). The number of nitrogens with one attached hydrogen (secondary N) is 1. The van der Waals surface area contributed by atoms with Gasteiger partial charge in [-0.2, -0.15) is 0 Å². The number of hydrogen-bond donors (Lipinski definition) is 1. The maximum absolute atomic E-state index is 13.2. The summed E-state index contributed by atoms with van der Waals surface area (Å²) < 4.78 is 11.1. The summed E-state index contributed by atoms with van der Waals surface area (Å²) in [6.45, 7) is 6.54. The molecule has 1 N–H and O–H groups in total. The van der Waals surface area contributed by atoms with E-state index < -0.39 is 0 Å². The van der Waals surface area contributed by atoms with Crippen molar-refractivity contribution in [2.24, 2.45) is 0 Å². The van der Waals surface area contributed by atoms with E-state index >= 15 is 0 Å². The minimum absolute atomic E-state index is 0.0326. The molecule has 4 heterocycles. The van der Waals surface area contributed by atoms with Gasteiger partial charge in [0.25, 0.3) is 5.91 Å². The smallest absolute Gasteiger partial charge is 0.290 e. The zero-order valence-electron chi connectivity index (χ0n) is 16.8. The minimum Gasteiger partial charge on any atom is -0.456 e. The molecule has 148 valence electrons. The van der Waals surface area contributed by atoms with Crippen molar-refractivity contribution in [3.05, 3.63) is 76.2 Å². The number of H-pyrrole nitrogens is 1. The van der Waals surface area contributed by atoms with Gasteiger partial charge in [-0.3, -0.25) is 4.79 Å². The van der Waals surface area contributed by atoms with Crippen molar-refractivity contribution >= 4 is 16.8 Å². The summed E-state index contributed by atoms with van der Waals surface area (Å²) >= 11 is 0. The number of carbonyl (C=O) groups is 1. The number of benzene rings is 1. The van der Waals surface area contributed by atoms with E-state index in [4.69, 9.17) is 8.94 Å². The van der Waals surface area contributed by atoms with Crippen molar-refractivity contribution in [3.8, 4) is 0 Å². The van der Waals surface area contributed by atoms with Crippen LogP contribution in [0.2, 0.25) is 0 Å². The van der Waals surface area contributed by atoms with Crippen LogP contribution in [0.15, 0.2) is 45.3 Å². The largest absolute Gasteiger partial charge is 0.456 e. The number of nitrogens with zero attached hydrogens (tertiary/aromatic N) is 2. The summed E-state index contributed by atoms with van der Waals surface area (Å²) in [6.07, 6.45) is 1.40. The summed E-state index contributed by atoms with van der Waals surface area (Å²) in [5, 5.41) is 5.23. The van der Waals surface area contributed by atoms with Crippen LogP contribution in [-0.4, -0.2) is 27.5 Å². The van der Waals surface area contributed by atoms with Crippen molar-refractivity contribution < 1.29 is 13.7 Å². The molecule has 1 aliphatic heterocycles. The number of aromatic amines is 1. The van der Waals surface area contributed by atoms with E-state index in [2.05, 4.69) is 35.3 Å². The van der Waals surface area contributed by atoms with Crippen LogP contribution in [0, 0.1) is 13.8 Å². The molecule has 1 amide bonds. The van der Waals surface area contributed by atoms with Crippen LogP contribution in [0.25, 0.3) is 10.9 Å². The summed E-state index contributed by atoms with van der Waals surface area (Å²) in [4.78, 5) is 18.6. The van der Waals surface area contributed by atoms with Crippen LogP contribution < -0.4 is 0 Å². The Kier molecular flexibility index (Phi) is 4.08. The molecular formula is C23H23N3O3. The van der Waals surface area contributed by atoms with E-state index in [-0.39, 0.29) is 11.9 Å². The average Bonchev–Trinajstić information content (AvgIpc) is 3.42. The number of furan rings is 1. The lowest BCUT2D eigenvalue weighted by Gasteiger charge is -2.33. The van der Waals surface area contributed by atoms with Crippen LogP contribution in [0.4, 0.5) is 0 Å². The van der Waals surface area contributed by atoms with Crippen molar-refractivity contribution in [1.29, 1.82) is 0 Å². The third kappa shape index (κ3) is 2.87. The Bertz CT molecular complexity index is 1190. The normalized spacial score (nSPS) is 16.4. The van der Waals surface area contributed by atoms with Crippen LogP contribution in [0.1, 0.15) is 57.6 Å². The van der Waals surface area contributed by atoms with Gasteiger partial charge in [0.05, 0.1) is 11.7 Å². The summed E-state index contributed by atoms with van der Waals surface area (Å²) in [7, 11) is 0. The Balaban J connectivity index is 1.39. The summed E-state index contributed by atoms with van der Waals surface area (Å²) in [6, 6.07) is 11.9. The maximum atomic E-state index is 13.2. The SMILES string of the molecule is Cc1noc(C)c1Cc1ccc(C(=O)N2CCc3c([nH]c4ccccc34)[C@@H]2C)o1. The van der Waals surface area contributed by atoms with E-state index in [1.165, 1.54) is 10.9 Å². The lowest BCUT2D eigenvalue weighted by atomic mass is 9.98. The van der Waals surface area contributed by atoms with E-state index in [0.717, 1.165) is 40.4 Å². The second-order valence-electron chi connectivity index (χ2n) is 7.73. The third-order valence-electron chi connectivity index (χ3n) is 6.00. The first-order valence-electron chi connectivity index (χ1n) is 9.94. The molecule has 6 heteroatoms. The molecule has 0 aliphatic carbocycles. The van der Waals surface area contributed by atoms with E-state index in [9.17, 15) is 4.79 Å². The van der Waals surface area contributed by atoms with Crippen molar-refractivity contribution in [3.63, 3.8) is 0 Å². The Hall–Kier alpha value is -3.28. The standard InChI is InChI=1S/C23H23N3O3/c1-13-19(15(3)29-25-13)12-16-8-9-21(28-16)23(27)26-11-10-18-17-6-4-5-7-20(17)24-22(18)14(26)2/h4-9,14,24H,10-12H2,1-3H3/t14-/m0/s1. The molecule has 0 saturated heterocycles. The monoisotopic (exact) mass is 389 g/mol. The molecule has 29 heavy (non-hydrogen) atoms. The molecule has 0 saturated carbocycles. The van der Waals surface area contributed by atoms with Gasteiger partial charge in [-0.05, 0) is 51.0 Å². The van der Waals surface area contributed by atoms with Gasteiger partial charge in [0.15, 0.2) is 5.76 Å². The van der Waals surface area contributed by atoms with Crippen molar-refractivity contribution in [2.75, 3.05) is 6.54 Å². The second kappa shape index (κ2) is 6.65. The number of fused-ring (bicyclic) bond motifs is 3. The molecule has 1 atom stereocenters. The first-order chi connectivity index (χ1) is 14.0. The van der Waals surface area contributed by atoms with Crippen molar-refractivity contribution in [2.45, 2.75) is 39.7 Å². The number of carbonyl (C=O) groups excluding carboxylic acids is 1. The van der Waals surface area contributed by atoms with Gasteiger partial charge in [0.1, 0.15) is 11.5 Å². The van der Waals surface area contributed by atoms with Gasteiger partial charge >= 0.3 is 0 Å². The van der Waals surface area contributed by atoms with E-state index in [1.54, 1.807) is 6.07 Å². The quantitative estimate of drug-likeness (QED) is 0.550. The average molecular weight is 389 g/mol. The predicted octanol–water partition coefficient (Wildman–Crippen LogP) is 4.72. The number of aryl methyl sites for hydroxylation is 2. The van der Waals surface area contributed by atoms with Gasteiger partial charge in [-0.15, -0.1) is 0 Å². The van der Waals surface area contributed by atoms with Gasteiger partial charge in [0.2, 0.25) is 0 Å². The molecule has 6 nitrogen and oxygen atoms in total. The fourth-order valence-corrected chi connectivity index (χ4v) is 4.36. The van der Waals surface area contributed by atoms with Gasteiger partial charge in [0, 0.05) is 35.1 Å². The predicted molar refractivity (Wildman–Crippen MR) is 109 cm³/mol. The zero-order chi connectivity index (χ0) is 20.1. The summed E-state index contributed by atoms with van der Waals surface area (Å²) in [5.41, 5.74) is 5.41. The number of amides is 1. The van der Waals surface area contributed by atoms with Crippen LogP contribution in [0.3, 0.4) is 0 Å². The van der Waals surface area contributed by atoms with Crippen LogP contribution >= 0.6 is 0 Å². The summed E-state index contributed by atoms with van der Waals surface area (Å²) in [5.74, 6) is 1.81. The fourth-order valence-electron chi connectivity index (χ4n) is 4.36. The molecular weight excluding hydrogens is 366 g/mol. The highest BCUT2D eigenvalue weighted by atomic mass is 16.5. The third-order valence-corrected chi connectivity index (χ3v) is 6.00. The van der Waals surface area contributed by atoms with Gasteiger partial charge < -0.3 is 18.8 Å².